The second-order valence-corrected chi connectivity index (χ2v) is 7.99. The van der Waals surface area contributed by atoms with Gasteiger partial charge in [0.15, 0.2) is 0 Å². The molecule has 3 aromatic rings. The van der Waals surface area contributed by atoms with Crippen LogP contribution in [0.3, 0.4) is 0 Å². The quantitative estimate of drug-likeness (QED) is 0.511. The smallest absolute Gasteiger partial charge is 0.0985 e. The maximum absolute atomic E-state index is 3.83. The van der Waals surface area contributed by atoms with Crippen molar-refractivity contribution in [2.75, 3.05) is 0 Å². The Morgan fingerprint density at radius 3 is 1.43 bits per heavy atom. The van der Waals surface area contributed by atoms with Gasteiger partial charge in [0.2, 0.25) is 0 Å². The van der Waals surface area contributed by atoms with Crippen LogP contribution in [-0.4, -0.2) is 8.80 Å². The fourth-order valence-electron chi connectivity index (χ4n) is 2.69. The first kappa shape index (κ1) is 13.6. The summed E-state index contributed by atoms with van der Waals surface area (Å²) >= 11 is 0. The molecule has 0 bridgehead atoms. The van der Waals surface area contributed by atoms with E-state index in [1.165, 1.54) is 21.1 Å². The van der Waals surface area contributed by atoms with E-state index in [-0.39, 0.29) is 0 Å². The van der Waals surface area contributed by atoms with Gasteiger partial charge in [-0.1, -0.05) is 113 Å². The van der Waals surface area contributed by atoms with Gasteiger partial charge in [-0.05, 0) is 5.56 Å². The number of hydrogen-bond acceptors (Lipinski definition) is 0. The van der Waals surface area contributed by atoms with Crippen LogP contribution in [0.2, 0.25) is 0 Å². The molecule has 0 aliphatic carbocycles. The van der Waals surface area contributed by atoms with E-state index in [0.717, 1.165) is 0 Å². The van der Waals surface area contributed by atoms with E-state index >= 15 is 0 Å². The molecular formula is C20H18Si. The van der Waals surface area contributed by atoms with Gasteiger partial charge in [0.05, 0.1) is 0 Å². The van der Waals surface area contributed by atoms with Gasteiger partial charge in [-0.3, -0.25) is 0 Å². The van der Waals surface area contributed by atoms with Crippen LogP contribution in [0.1, 0.15) is 5.56 Å². The minimum absolute atomic E-state index is 1.17. The van der Waals surface area contributed by atoms with Crippen molar-refractivity contribution in [2.45, 2.75) is 0 Å². The van der Waals surface area contributed by atoms with Gasteiger partial charge < -0.3 is 0 Å². The highest BCUT2D eigenvalue weighted by Crippen LogP contribution is 2.01. The van der Waals surface area contributed by atoms with E-state index in [0.29, 0.717) is 0 Å². The van der Waals surface area contributed by atoms with Gasteiger partial charge in [-0.25, -0.2) is 0 Å². The lowest BCUT2D eigenvalue weighted by Gasteiger charge is -2.17. The van der Waals surface area contributed by atoms with Crippen LogP contribution >= 0.6 is 0 Å². The summed E-state index contributed by atoms with van der Waals surface area (Å²) in [5.41, 5.74) is 1.17. The summed E-state index contributed by atoms with van der Waals surface area (Å²) in [6, 6.07) is 30.6. The Balaban J connectivity index is 2.09. The first-order valence-electron chi connectivity index (χ1n) is 7.21. The van der Waals surface area contributed by atoms with Crippen LogP contribution in [-0.2, 0) is 0 Å². The van der Waals surface area contributed by atoms with E-state index in [2.05, 4.69) is 91.5 Å². The molecular weight excluding hydrogens is 268 g/mol. The molecule has 0 fully saturated rings. The molecule has 0 heterocycles. The maximum atomic E-state index is 3.83. The third kappa shape index (κ3) is 3.04. The highest BCUT2D eigenvalue weighted by Gasteiger charge is 2.17. The summed E-state index contributed by atoms with van der Waals surface area (Å²) in [7, 11) is -1.37. The Labute approximate surface area is 128 Å². The van der Waals surface area contributed by atoms with E-state index in [1.54, 1.807) is 0 Å². The van der Waals surface area contributed by atoms with Gasteiger partial charge >= 0.3 is 0 Å². The minimum Gasteiger partial charge on any atom is -0.0985 e. The van der Waals surface area contributed by atoms with Crippen LogP contribution in [0, 0.1) is 0 Å². The monoisotopic (exact) mass is 286 g/mol. The molecule has 21 heavy (non-hydrogen) atoms. The van der Waals surface area contributed by atoms with Crippen LogP contribution in [0.5, 0.6) is 0 Å². The largest absolute Gasteiger partial charge is 0.132 e. The lowest BCUT2D eigenvalue weighted by atomic mass is 10.2. The predicted octanol–water partition coefficient (Wildman–Crippen LogP) is 2.58. The molecule has 3 rings (SSSR count). The second-order valence-electron chi connectivity index (χ2n) is 5.13. The van der Waals surface area contributed by atoms with Crippen molar-refractivity contribution in [3.8, 4) is 0 Å². The molecule has 0 radical (unpaired) electrons. The van der Waals surface area contributed by atoms with Gasteiger partial charge in [-0.15, -0.1) is 0 Å². The molecule has 0 aromatic heterocycles. The zero-order valence-electron chi connectivity index (χ0n) is 11.9. The van der Waals surface area contributed by atoms with Crippen molar-refractivity contribution < 1.29 is 0 Å². The molecule has 0 unspecified atom stereocenters. The fraction of sp³-hybridized carbons (Fsp3) is 0. The second kappa shape index (κ2) is 6.38. The lowest BCUT2D eigenvalue weighted by Crippen LogP contribution is -2.51. The zero-order valence-corrected chi connectivity index (χ0v) is 13.1. The van der Waals surface area contributed by atoms with Gasteiger partial charge in [0.25, 0.3) is 0 Å². The summed E-state index contributed by atoms with van der Waals surface area (Å²) in [6.07, 6.45) is 1.89. The van der Waals surface area contributed by atoms with Crippen LogP contribution < -0.4 is 15.6 Å². The highest BCUT2D eigenvalue weighted by molar-refractivity contribution is 6.95. The zero-order chi connectivity index (χ0) is 14.5. The van der Waals surface area contributed by atoms with Crippen molar-refractivity contribution in [1.82, 2.24) is 0 Å². The summed E-state index contributed by atoms with van der Waals surface area (Å²) in [4.78, 5) is 0. The normalized spacial score (nSPS) is 10.5. The van der Waals surface area contributed by atoms with Crippen LogP contribution in [0.15, 0.2) is 91.5 Å². The van der Waals surface area contributed by atoms with Crippen molar-refractivity contribution >= 4 is 30.4 Å². The van der Waals surface area contributed by atoms with Gasteiger partial charge in [0, 0.05) is 0 Å². The van der Waals surface area contributed by atoms with Crippen molar-refractivity contribution in [3.63, 3.8) is 0 Å². The molecule has 0 amide bonds. The Bertz CT molecular complexity index is 660. The molecule has 0 saturated heterocycles. The Morgan fingerprint density at radius 2 is 1.00 bits per heavy atom. The standard InChI is InChI=1S/C20H18Si/c1-2-17-13-15-20(16-14-17)21(18-9-5-3-6-10-18)19-11-7-4-8-12-19/h2-16,21H,1H2. The Kier molecular flexibility index (Phi) is 4.13. The fourth-order valence-corrected chi connectivity index (χ4v) is 5.64. The van der Waals surface area contributed by atoms with E-state index in [9.17, 15) is 0 Å². The van der Waals surface area contributed by atoms with Crippen molar-refractivity contribution in [1.29, 1.82) is 0 Å². The molecule has 0 N–H and O–H groups in total. The molecule has 0 aliphatic rings. The van der Waals surface area contributed by atoms with Gasteiger partial charge in [0.1, 0.15) is 8.80 Å². The maximum Gasteiger partial charge on any atom is 0.132 e. The summed E-state index contributed by atoms with van der Waals surface area (Å²) in [5, 5.41) is 4.35. The van der Waals surface area contributed by atoms with Crippen LogP contribution in [0.25, 0.3) is 6.08 Å². The Hall–Kier alpha value is -2.38. The minimum atomic E-state index is -1.37. The average Bonchev–Trinajstić information content (AvgIpc) is 2.58. The molecule has 0 nitrogen and oxygen atoms in total. The number of benzene rings is 3. The molecule has 1 heteroatoms. The molecule has 0 saturated carbocycles. The molecule has 3 aromatic carbocycles. The third-order valence-electron chi connectivity index (χ3n) is 3.77. The van der Waals surface area contributed by atoms with Gasteiger partial charge in [-0.2, -0.15) is 0 Å². The summed E-state index contributed by atoms with van der Waals surface area (Å²) in [6.45, 7) is 3.83. The molecule has 0 spiro atoms. The van der Waals surface area contributed by atoms with Crippen LogP contribution in [0.4, 0.5) is 0 Å². The SMILES string of the molecule is C=Cc1ccc([SiH](c2ccccc2)c2ccccc2)cc1. The summed E-state index contributed by atoms with van der Waals surface area (Å²) in [5.74, 6) is 0. The van der Waals surface area contributed by atoms with Crippen molar-refractivity contribution in [2.24, 2.45) is 0 Å². The summed E-state index contributed by atoms with van der Waals surface area (Å²) < 4.78 is 0. The van der Waals surface area contributed by atoms with E-state index in [4.69, 9.17) is 0 Å². The van der Waals surface area contributed by atoms with E-state index in [1.807, 2.05) is 6.08 Å². The van der Waals surface area contributed by atoms with Crippen molar-refractivity contribution in [3.05, 3.63) is 97.1 Å². The molecule has 102 valence electrons. The molecule has 0 atom stereocenters. The predicted molar refractivity (Wildman–Crippen MR) is 95.5 cm³/mol. The average molecular weight is 286 g/mol. The highest BCUT2D eigenvalue weighted by atomic mass is 28.3. The first-order chi connectivity index (χ1) is 10.4. The first-order valence-corrected chi connectivity index (χ1v) is 8.94. The Morgan fingerprint density at radius 1 is 0.571 bits per heavy atom. The topological polar surface area (TPSA) is 0 Å². The van der Waals surface area contributed by atoms with E-state index < -0.39 is 8.80 Å². The lowest BCUT2D eigenvalue weighted by molar-refractivity contribution is 1.68. The third-order valence-corrected chi connectivity index (χ3v) is 6.93. The molecule has 0 aliphatic heterocycles. The number of hydrogen-bond donors (Lipinski definition) is 0. The number of rotatable bonds is 4.